The maximum Gasteiger partial charge on any atom is 0.315 e. The zero-order valence-electron chi connectivity index (χ0n) is 8.70. The highest BCUT2D eigenvalue weighted by Gasteiger charge is 2.44. The lowest BCUT2D eigenvalue weighted by molar-refractivity contribution is -0.252. The van der Waals surface area contributed by atoms with Crippen LogP contribution in [0.25, 0.3) is 0 Å². The van der Waals surface area contributed by atoms with Crippen molar-refractivity contribution in [3.63, 3.8) is 0 Å². The molecule has 0 aliphatic carbocycles. The summed E-state index contributed by atoms with van der Waals surface area (Å²) in [7, 11) is 1.37. The van der Waals surface area contributed by atoms with Crippen molar-refractivity contribution in [1.29, 1.82) is 0 Å². The van der Waals surface area contributed by atoms with E-state index in [0.717, 1.165) is 0 Å². The molecular weight excluding hydrogens is 220 g/mol. The Bertz CT molecular complexity index is 251. The van der Waals surface area contributed by atoms with Crippen molar-refractivity contribution in [1.82, 2.24) is 10.6 Å². The van der Waals surface area contributed by atoms with Crippen molar-refractivity contribution in [2.45, 2.75) is 30.6 Å². The Morgan fingerprint density at radius 1 is 1.31 bits per heavy atom. The number of hydrogen-bond donors (Lipinski definition) is 6. The Morgan fingerprint density at radius 3 is 2.44 bits per heavy atom. The molecule has 94 valence electrons. The SMILES string of the molecule is CNC(=O)N[C@H]1[C@@H](O)[C@@H](O)[C@@H](CO)O[C@H]1O. The molecule has 1 aliphatic rings. The van der Waals surface area contributed by atoms with E-state index in [-0.39, 0.29) is 0 Å². The maximum atomic E-state index is 11.0. The third-order valence-corrected chi connectivity index (χ3v) is 2.42. The molecule has 0 bridgehead atoms. The van der Waals surface area contributed by atoms with Crippen molar-refractivity contribution in [3.05, 3.63) is 0 Å². The summed E-state index contributed by atoms with van der Waals surface area (Å²) in [4.78, 5) is 11.0. The molecule has 0 spiro atoms. The van der Waals surface area contributed by atoms with Gasteiger partial charge in [-0.25, -0.2) is 4.79 Å². The number of amides is 2. The van der Waals surface area contributed by atoms with Gasteiger partial charge in [-0.2, -0.15) is 0 Å². The number of urea groups is 1. The molecule has 0 radical (unpaired) electrons. The summed E-state index contributed by atoms with van der Waals surface area (Å²) in [5.41, 5.74) is 0. The quantitative estimate of drug-likeness (QED) is 0.298. The van der Waals surface area contributed by atoms with Crippen LogP contribution < -0.4 is 10.6 Å². The first-order valence-corrected chi connectivity index (χ1v) is 4.80. The number of rotatable bonds is 2. The second kappa shape index (κ2) is 5.41. The second-order valence-electron chi connectivity index (χ2n) is 3.48. The second-order valence-corrected chi connectivity index (χ2v) is 3.48. The fraction of sp³-hybridized carbons (Fsp3) is 0.875. The van der Waals surface area contributed by atoms with E-state index >= 15 is 0 Å². The molecule has 0 aromatic rings. The number of hydrogen-bond acceptors (Lipinski definition) is 6. The number of ether oxygens (including phenoxy) is 1. The van der Waals surface area contributed by atoms with Crippen LogP contribution in [0.5, 0.6) is 0 Å². The van der Waals surface area contributed by atoms with Gasteiger partial charge in [0.15, 0.2) is 6.29 Å². The predicted octanol–water partition coefficient (Wildman–Crippen LogP) is -3.28. The Balaban J connectivity index is 2.67. The zero-order chi connectivity index (χ0) is 12.3. The van der Waals surface area contributed by atoms with Gasteiger partial charge in [0.2, 0.25) is 0 Å². The molecule has 16 heavy (non-hydrogen) atoms. The standard InChI is InChI=1S/C8H16N2O6/c1-9-8(15)10-4-6(13)5(12)3(2-11)16-7(4)14/h3-7,11-14H,2H2,1H3,(H2,9,10,15)/t3-,4+,5+,6-,7-/m1/s1. The fourth-order valence-corrected chi connectivity index (χ4v) is 1.48. The summed E-state index contributed by atoms with van der Waals surface area (Å²) in [6.07, 6.45) is -5.37. The maximum absolute atomic E-state index is 11.0. The topological polar surface area (TPSA) is 131 Å². The van der Waals surface area contributed by atoms with E-state index in [9.17, 15) is 20.1 Å². The molecule has 0 unspecified atom stereocenters. The van der Waals surface area contributed by atoms with Crippen LogP contribution >= 0.6 is 0 Å². The molecule has 1 fully saturated rings. The number of carbonyl (C=O) groups excluding carboxylic acids is 1. The average Bonchev–Trinajstić information content (AvgIpc) is 2.28. The van der Waals surface area contributed by atoms with Gasteiger partial charge in [0.1, 0.15) is 24.4 Å². The minimum absolute atomic E-state index is 0.540. The molecule has 1 heterocycles. The van der Waals surface area contributed by atoms with E-state index in [2.05, 4.69) is 10.6 Å². The molecule has 0 aromatic heterocycles. The Morgan fingerprint density at radius 2 is 1.94 bits per heavy atom. The number of aliphatic hydroxyl groups is 4. The molecule has 0 aromatic carbocycles. The van der Waals surface area contributed by atoms with Gasteiger partial charge in [-0.3, -0.25) is 0 Å². The van der Waals surface area contributed by atoms with E-state index in [4.69, 9.17) is 9.84 Å². The van der Waals surface area contributed by atoms with Crippen molar-refractivity contribution < 1.29 is 30.0 Å². The van der Waals surface area contributed by atoms with E-state index in [1.165, 1.54) is 7.05 Å². The van der Waals surface area contributed by atoms with Crippen LogP contribution in [0.4, 0.5) is 4.79 Å². The van der Waals surface area contributed by atoms with Crippen LogP contribution in [-0.2, 0) is 4.74 Å². The van der Waals surface area contributed by atoms with Crippen molar-refractivity contribution in [3.8, 4) is 0 Å². The summed E-state index contributed by atoms with van der Waals surface area (Å²) in [6, 6.07) is -1.78. The number of nitrogens with one attached hydrogen (secondary N) is 2. The fourth-order valence-electron chi connectivity index (χ4n) is 1.48. The summed E-state index contributed by atoms with van der Waals surface area (Å²) in [6.45, 7) is -0.540. The predicted molar refractivity (Wildman–Crippen MR) is 51.4 cm³/mol. The highest BCUT2D eigenvalue weighted by molar-refractivity contribution is 5.73. The molecule has 8 heteroatoms. The van der Waals surface area contributed by atoms with E-state index in [0.29, 0.717) is 0 Å². The van der Waals surface area contributed by atoms with Crippen LogP contribution in [0.2, 0.25) is 0 Å². The van der Waals surface area contributed by atoms with Crippen LogP contribution in [0.15, 0.2) is 0 Å². The normalized spacial score (nSPS) is 39.2. The van der Waals surface area contributed by atoms with Crippen LogP contribution in [0, 0.1) is 0 Å². The largest absolute Gasteiger partial charge is 0.394 e. The van der Waals surface area contributed by atoms with Crippen LogP contribution in [-0.4, -0.2) is 70.8 Å². The zero-order valence-corrected chi connectivity index (χ0v) is 8.70. The molecule has 5 atom stereocenters. The van der Waals surface area contributed by atoms with Gasteiger partial charge in [0.05, 0.1) is 6.61 Å². The highest BCUT2D eigenvalue weighted by atomic mass is 16.6. The summed E-state index contributed by atoms with van der Waals surface area (Å²) >= 11 is 0. The van der Waals surface area contributed by atoms with Gasteiger partial charge in [0.25, 0.3) is 0 Å². The molecule has 1 aliphatic heterocycles. The monoisotopic (exact) mass is 236 g/mol. The van der Waals surface area contributed by atoms with Gasteiger partial charge >= 0.3 is 6.03 Å². The molecule has 1 rings (SSSR count). The third kappa shape index (κ3) is 2.60. The minimum atomic E-state index is -1.49. The summed E-state index contributed by atoms with van der Waals surface area (Å²) < 4.78 is 4.83. The lowest BCUT2D eigenvalue weighted by Gasteiger charge is -2.40. The van der Waals surface area contributed by atoms with E-state index < -0.39 is 43.3 Å². The lowest BCUT2D eigenvalue weighted by atomic mass is 9.97. The van der Waals surface area contributed by atoms with Gasteiger partial charge in [0, 0.05) is 7.05 Å². The molecule has 8 nitrogen and oxygen atoms in total. The van der Waals surface area contributed by atoms with Gasteiger partial charge in [-0.15, -0.1) is 0 Å². The first-order chi connectivity index (χ1) is 7.51. The molecule has 1 saturated heterocycles. The first-order valence-electron chi connectivity index (χ1n) is 4.80. The minimum Gasteiger partial charge on any atom is -0.394 e. The number of aliphatic hydroxyl groups excluding tert-OH is 4. The first kappa shape index (κ1) is 13.1. The lowest BCUT2D eigenvalue weighted by Crippen LogP contribution is -2.64. The highest BCUT2D eigenvalue weighted by Crippen LogP contribution is 2.19. The molecule has 0 saturated carbocycles. The molecular formula is C8H16N2O6. The molecule has 6 N–H and O–H groups in total. The molecule has 2 amide bonds. The van der Waals surface area contributed by atoms with Crippen molar-refractivity contribution >= 4 is 6.03 Å². The van der Waals surface area contributed by atoms with Gasteiger partial charge in [-0.05, 0) is 0 Å². The summed E-state index contributed by atoms with van der Waals surface area (Å²) in [5, 5.41) is 41.8. The van der Waals surface area contributed by atoms with Crippen molar-refractivity contribution in [2.75, 3.05) is 13.7 Å². The Hall–Kier alpha value is -0.930. The summed E-state index contributed by atoms with van der Waals surface area (Å²) in [5.74, 6) is 0. The van der Waals surface area contributed by atoms with E-state index in [1.54, 1.807) is 0 Å². The van der Waals surface area contributed by atoms with Gasteiger partial charge < -0.3 is 35.8 Å². The van der Waals surface area contributed by atoms with Crippen LogP contribution in [0.1, 0.15) is 0 Å². The Labute approximate surface area is 91.8 Å². The van der Waals surface area contributed by atoms with Gasteiger partial charge in [-0.1, -0.05) is 0 Å². The number of carbonyl (C=O) groups is 1. The smallest absolute Gasteiger partial charge is 0.315 e. The van der Waals surface area contributed by atoms with E-state index in [1.807, 2.05) is 0 Å². The van der Waals surface area contributed by atoms with Crippen LogP contribution in [0.3, 0.4) is 0 Å². The van der Waals surface area contributed by atoms with Crippen molar-refractivity contribution in [2.24, 2.45) is 0 Å². The third-order valence-electron chi connectivity index (χ3n) is 2.42. The Kier molecular flexibility index (Phi) is 4.44. The average molecular weight is 236 g/mol.